The van der Waals surface area contributed by atoms with Crippen molar-refractivity contribution in [1.82, 2.24) is 0 Å². The minimum Gasteiger partial charge on any atom is -0.478 e. The van der Waals surface area contributed by atoms with Crippen LogP contribution in [0.15, 0.2) is 48.5 Å². The summed E-state index contributed by atoms with van der Waals surface area (Å²) in [6.45, 7) is 2.98. The quantitative estimate of drug-likeness (QED) is 0.670. The van der Waals surface area contributed by atoms with E-state index in [1.54, 1.807) is 25.3 Å². The molecule has 1 N–H and O–H groups in total. The summed E-state index contributed by atoms with van der Waals surface area (Å²) in [5, 5.41) is 9.19. The number of anilines is 2. The fourth-order valence-electron chi connectivity index (χ4n) is 3.57. The summed E-state index contributed by atoms with van der Waals surface area (Å²) in [5.41, 5.74) is 3.75. The van der Waals surface area contributed by atoms with Crippen LogP contribution < -0.4 is 9.80 Å². The molecule has 6 heteroatoms. The summed E-state index contributed by atoms with van der Waals surface area (Å²) in [5.74, 6) is -0.903. The summed E-state index contributed by atoms with van der Waals surface area (Å²) in [4.78, 5) is 15.7. The van der Waals surface area contributed by atoms with E-state index in [9.17, 15) is 9.90 Å². The second kappa shape index (κ2) is 9.57. The molecule has 2 aromatic rings. The van der Waals surface area contributed by atoms with Crippen molar-refractivity contribution in [2.24, 2.45) is 0 Å². The minimum absolute atomic E-state index is 0.203. The number of hydrogen-bond acceptors (Lipinski definition) is 5. The molecule has 1 heterocycles. The molecule has 0 aromatic heterocycles. The van der Waals surface area contributed by atoms with Crippen LogP contribution in [0.3, 0.4) is 0 Å². The van der Waals surface area contributed by atoms with Gasteiger partial charge >= 0.3 is 5.97 Å². The molecule has 1 aliphatic heterocycles. The molecule has 6 nitrogen and oxygen atoms in total. The number of carboxylic acid groups (broad SMARTS) is 1. The first-order valence-corrected chi connectivity index (χ1v) is 9.56. The van der Waals surface area contributed by atoms with E-state index in [1.165, 1.54) is 11.3 Å². The van der Waals surface area contributed by atoms with Crippen molar-refractivity contribution in [1.29, 1.82) is 0 Å². The van der Waals surface area contributed by atoms with Crippen LogP contribution in [-0.4, -0.2) is 57.8 Å². The Labute approximate surface area is 166 Å². The Hall–Kier alpha value is -2.57. The molecule has 150 valence electrons. The SMILES string of the molecule is COCO[C@H]1CCN(c2ccccc2CCN(C)c2cccc(C(=O)O)c2)C1. The molecular weight excluding hydrogens is 356 g/mol. The van der Waals surface area contributed by atoms with Gasteiger partial charge in [0.2, 0.25) is 0 Å². The van der Waals surface area contributed by atoms with E-state index in [0.29, 0.717) is 12.4 Å². The topological polar surface area (TPSA) is 62.2 Å². The van der Waals surface area contributed by atoms with Gasteiger partial charge in [-0.15, -0.1) is 0 Å². The van der Waals surface area contributed by atoms with Crippen molar-refractivity contribution in [3.05, 3.63) is 59.7 Å². The summed E-state index contributed by atoms with van der Waals surface area (Å²) >= 11 is 0. The van der Waals surface area contributed by atoms with Gasteiger partial charge in [-0.3, -0.25) is 0 Å². The number of benzene rings is 2. The van der Waals surface area contributed by atoms with Crippen molar-refractivity contribution >= 4 is 17.3 Å². The summed E-state index contributed by atoms with van der Waals surface area (Å²) in [6, 6.07) is 15.5. The highest BCUT2D eigenvalue weighted by Gasteiger charge is 2.24. The van der Waals surface area contributed by atoms with Crippen molar-refractivity contribution in [3.8, 4) is 0 Å². The fourth-order valence-corrected chi connectivity index (χ4v) is 3.57. The molecule has 3 rings (SSSR count). The second-order valence-electron chi connectivity index (χ2n) is 7.09. The van der Waals surface area contributed by atoms with Gasteiger partial charge in [0.05, 0.1) is 11.7 Å². The number of likely N-dealkylation sites (N-methyl/N-ethyl adjacent to an activating group) is 1. The van der Waals surface area contributed by atoms with Gasteiger partial charge in [-0.1, -0.05) is 24.3 Å². The number of ether oxygens (including phenoxy) is 2. The van der Waals surface area contributed by atoms with Gasteiger partial charge < -0.3 is 24.4 Å². The predicted molar refractivity (Wildman–Crippen MR) is 110 cm³/mol. The van der Waals surface area contributed by atoms with Crippen LogP contribution in [0.2, 0.25) is 0 Å². The molecule has 1 aliphatic rings. The highest BCUT2D eigenvalue weighted by atomic mass is 16.7. The maximum absolute atomic E-state index is 11.2. The fraction of sp³-hybridized carbons (Fsp3) is 0.409. The van der Waals surface area contributed by atoms with Gasteiger partial charge in [0.1, 0.15) is 6.79 Å². The molecule has 2 aromatic carbocycles. The molecule has 0 amide bonds. The molecule has 0 unspecified atom stereocenters. The first-order chi connectivity index (χ1) is 13.6. The lowest BCUT2D eigenvalue weighted by Gasteiger charge is -2.24. The molecule has 0 spiro atoms. The number of methoxy groups -OCH3 is 1. The Kier molecular flexibility index (Phi) is 6.90. The molecule has 1 atom stereocenters. The van der Waals surface area contributed by atoms with Crippen LogP contribution in [0.5, 0.6) is 0 Å². The molecule has 0 saturated carbocycles. The highest BCUT2D eigenvalue weighted by Crippen LogP contribution is 2.26. The number of aromatic carboxylic acids is 1. The Bertz CT molecular complexity index is 796. The standard InChI is InChI=1S/C22H28N2O4/c1-23(19-8-5-7-18(14-19)22(25)26)12-10-17-6-3-4-9-21(17)24-13-11-20(15-24)28-16-27-2/h3-9,14,20H,10-13,15-16H2,1-2H3,(H,25,26)/t20-/m0/s1. The van der Waals surface area contributed by atoms with Crippen LogP contribution in [0, 0.1) is 0 Å². The van der Waals surface area contributed by atoms with Gasteiger partial charge in [0.15, 0.2) is 0 Å². The monoisotopic (exact) mass is 384 g/mol. The molecule has 28 heavy (non-hydrogen) atoms. The smallest absolute Gasteiger partial charge is 0.335 e. The maximum Gasteiger partial charge on any atom is 0.335 e. The van der Waals surface area contributed by atoms with Crippen LogP contribution in [-0.2, 0) is 15.9 Å². The lowest BCUT2D eigenvalue weighted by molar-refractivity contribution is -0.0636. The van der Waals surface area contributed by atoms with Gasteiger partial charge in [0.25, 0.3) is 0 Å². The molecule has 0 bridgehead atoms. The van der Waals surface area contributed by atoms with Gasteiger partial charge in [-0.25, -0.2) is 4.79 Å². The molecular formula is C22H28N2O4. The van der Waals surface area contributed by atoms with Crippen molar-refractivity contribution in [2.45, 2.75) is 18.9 Å². The first kappa shape index (κ1) is 20.2. The van der Waals surface area contributed by atoms with Crippen LogP contribution >= 0.6 is 0 Å². The Morgan fingerprint density at radius 1 is 1.25 bits per heavy atom. The molecule has 1 saturated heterocycles. The van der Waals surface area contributed by atoms with E-state index in [0.717, 1.165) is 38.2 Å². The van der Waals surface area contributed by atoms with Gasteiger partial charge in [0, 0.05) is 45.2 Å². The zero-order chi connectivity index (χ0) is 19.9. The molecule has 0 radical (unpaired) electrons. The lowest BCUT2D eigenvalue weighted by atomic mass is 10.1. The Morgan fingerprint density at radius 2 is 2.07 bits per heavy atom. The van der Waals surface area contributed by atoms with Crippen LogP contribution in [0.4, 0.5) is 11.4 Å². The van der Waals surface area contributed by atoms with Crippen molar-refractivity contribution in [2.75, 3.05) is 50.4 Å². The molecule has 1 fully saturated rings. The third kappa shape index (κ3) is 5.03. The maximum atomic E-state index is 11.2. The Morgan fingerprint density at radius 3 is 2.86 bits per heavy atom. The van der Waals surface area contributed by atoms with Crippen LogP contribution in [0.25, 0.3) is 0 Å². The van der Waals surface area contributed by atoms with E-state index >= 15 is 0 Å². The normalized spacial score (nSPS) is 16.4. The zero-order valence-electron chi connectivity index (χ0n) is 16.5. The number of carbonyl (C=O) groups is 1. The lowest BCUT2D eigenvalue weighted by Crippen LogP contribution is -2.25. The predicted octanol–water partition coefficient (Wildman–Crippen LogP) is 3.26. The number of nitrogens with zero attached hydrogens (tertiary/aromatic N) is 2. The number of carboxylic acids is 1. The summed E-state index contributed by atoms with van der Waals surface area (Å²) < 4.78 is 10.7. The van der Waals surface area contributed by atoms with Gasteiger partial charge in [-0.05, 0) is 42.7 Å². The van der Waals surface area contributed by atoms with E-state index < -0.39 is 5.97 Å². The average Bonchev–Trinajstić information content (AvgIpc) is 3.19. The number of para-hydroxylation sites is 1. The third-order valence-corrected chi connectivity index (χ3v) is 5.15. The summed E-state index contributed by atoms with van der Waals surface area (Å²) in [7, 11) is 3.64. The third-order valence-electron chi connectivity index (χ3n) is 5.15. The van der Waals surface area contributed by atoms with Crippen LogP contribution in [0.1, 0.15) is 22.3 Å². The largest absolute Gasteiger partial charge is 0.478 e. The van der Waals surface area contributed by atoms with E-state index in [4.69, 9.17) is 9.47 Å². The summed E-state index contributed by atoms with van der Waals surface area (Å²) in [6.07, 6.45) is 2.08. The van der Waals surface area contributed by atoms with Gasteiger partial charge in [-0.2, -0.15) is 0 Å². The van der Waals surface area contributed by atoms with E-state index in [1.807, 2.05) is 13.1 Å². The first-order valence-electron chi connectivity index (χ1n) is 9.56. The van der Waals surface area contributed by atoms with Crippen molar-refractivity contribution in [3.63, 3.8) is 0 Å². The highest BCUT2D eigenvalue weighted by molar-refractivity contribution is 5.88. The van der Waals surface area contributed by atoms with E-state index in [2.05, 4.69) is 34.1 Å². The number of rotatable bonds is 9. The minimum atomic E-state index is -0.903. The second-order valence-corrected chi connectivity index (χ2v) is 7.09. The Balaban J connectivity index is 1.64. The molecule has 0 aliphatic carbocycles. The van der Waals surface area contributed by atoms with E-state index in [-0.39, 0.29) is 6.10 Å². The zero-order valence-corrected chi connectivity index (χ0v) is 16.5. The van der Waals surface area contributed by atoms with Crippen molar-refractivity contribution < 1.29 is 19.4 Å². The number of hydrogen-bond donors (Lipinski definition) is 1. The average molecular weight is 384 g/mol.